The summed E-state index contributed by atoms with van der Waals surface area (Å²) in [5, 5.41) is 20.5. The molecule has 0 radical (unpaired) electrons. The molecule has 1 saturated heterocycles. The van der Waals surface area contributed by atoms with E-state index in [9.17, 15) is 24.8 Å². The average Bonchev–Trinajstić information content (AvgIpc) is 3.27. The molecule has 1 fully saturated rings. The zero-order valence-electron chi connectivity index (χ0n) is 15.9. The van der Waals surface area contributed by atoms with Gasteiger partial charge in [-0.05, 0) is 36.6 Å². The molecule has 1 aliphatic heterocycles. The number of amides is 1. The van der Waals surface area contributed by atoms with Crippen molar-refractivity contribution in [1.82, 2.24) is 4.90 Å². The van der Waals surface area contributed by atoms with Gasteiger partial charge in [-0.1, -0.05) is 35.6 Å². The summed E-state index contributed by atoms with van der Waals surface area (Å²) < 4.78 is 5.90. The van der Waals surface area contributed by atoms with Crippen LogP contribution in [0.25, 0.3) is 17.4 Å². The van der Waals surface area contributed by atoms with Gasteiger partial charge in [-0.15, -0.1) is 0 Å². The number of hydrogen-bond acceptors (Lipinski definition) is 8. The predicted molar refractivity (Wildman–Crippen MR) is 125 cm³/mol. The van der Waals surface area contributed by atoms with E-state index in [-0.39, 0.29) is 26.4 Å². The van der Waals surface area contributed by atoms with Gasteiger partial charge in [0.1, 0.15) is 21.9 Å². The van der Waals surface area contributed by atoms with Crippen LogP contribution in [0.2, 0.25) is 5.02 Å². The van der Waals surface area contributed by atoms with E-state index < -0.39 is 22.8 Å². The van der Waals surface area contributed by atoms with Crippen LogP contribution in [0.3, 0.4) is 0 Å². The fourth-order valence-corrected chi connectivity index (χ4v) is 4.93. The van der Waals surface area contributed by atoms with E-state index in [1.165, 1.54) is 36.0 Å². The number of carboxylic acids is 1. The van der Waals surface area contributed by atoms with Gasteiger partial charge in [-0.3, -0.25) is 19.8 Å². The smallest absolute Gasteiger partial charge is 0.326 e. The van der Waals surface area contributed by atoms with Crippen molar-refractivity contribution in [3.8, 4) is 11.3 Å². The second-order valence-electron chi connectivity index (χ2n) is 6.31. The molecule has 0 saturated carbocycles. The summed E-state index contributed by atoms with van der Waals surface area (Å²) in [5.74, 6) is -0.328. The fraction of sp³-hybridized carbons (Fsp3) is 0.211. The first-order chi connectivity index (χ1) is 14.7. The number of carbonyl (C=O) groups is 2. The van der Waals surface area contributed by atoms with Crippen molar-refractivity contribution in [2.24, 2.45) is 0 Å². The van der Waals surface area contributed by atoms with Crippen molar-refractivity contribution < 1.29 is 24.0 Å². The van der Waals surface area contributed by atoms with Crippen molar-refractivity contribution in [2.45, 2.75) is 12.5 Å². The predicted octanol–water partition coefficient (Wildman–Crippen LogP) is 4.92. The monoisotopic (exact) mass is 498 g/mol. The molecule has 0 unspecified atom stereocenters. The summed E-state index contributed by atoms with van der Waals surface area (Å²) in [6.07, 6.45) is 3.62. The Hall–Kier alpha value is -2.34. The number of aliphatic carboxylic acids is 1. The largest absolute Gasteiger partial charge is 0.480 e. The highest BCUT2D eigenvalue weighted by atomic mass is 35.5. The number of non-ortho nitro benzene ring substituents is 1. The van der Waals surface area contributed by atoms with E-state index in [0.29, 0.717) is 22.8 Å². The molecule has 8 nitrogen and oxygen atoms in total. The quantitative estimate of drug-likeness (QED) is 0.234. The highest BCUT2D eigenvalue weighted by molar-refractivity contribution is 8.26. The molecule has 162 valence electrons. The van der Waals surface area contributed by atoms with Gasteiger partial charge < -0.3 is 9.52 Å². The van der Waals surface area contributed by atoms with E-state index in [0.717, 1.165) is 16.7 Å². The van der Waals surface area contributed by atoms with Gasteiger partial charge in [0.25, 0.3) is 11.6 Å². The Morgan fingerprint density at radius 1 is 1.45 bits per heavy atom. The lowest BCUT2D eigenvalue weighted by atomic mass is 10.1. The van der Waals surface area contributed by atoms with Crippen LogP contribution in [0, 0.1) is 10.1 Å². The number of nitrogens with zero attached hydrogens (tertiary/aromatic N) is 2. The van der Waals surface area contributed by atoms with Crippen LogP contribution in [0.15, 0.2) is 39.7 Å². The van der Waals surface area contributed by atoms with Gasteiger partial charge in [0, 0.05) is 23.8 Å². The van der Waals surface area contributed by atoms with Crippen molar-refractivity contribution in [3.63, 3.8) is 0 Å². The standard InChI is InChI=1S/C19H15ClN2O6S3/c1-30-7-6-14(18(24)25)21-17(23)16(31-19(21)29)9-11-3-5-15(28-11)12-4-2-10(22(26)27)8-13(12)20/h2-5,8-9,14H,6-7H2,1H3,(H,24,25)/b16-9-/t14-/m1/s1. The first kappa shape index (κ1) is 23.3. The zero-order valence-corrected chi connectivity index (χ0v) is 19.1. The SMILES string of the molecule is CSCC[C@H](C(=O)O)N1C(=O)/C(=C/c2ccc(-c3ccc([N+](=O)[O-])cc3Cl)o2)SC1=S. The lowest BCUT2D eigenvalue weighted by molar-refractivity contribution is -0.384. The summed E-state index contributed by atoms with van der Waals surface area (Å²) in [6, 6.07) is 6.23. The molecule has 31 heavy (non-hydrogen) atoms. The maximum atomic E-state index is 12.8. The van der Waals surface area contributed by atoms with Gasteiger partial charge >= 0.3 is 5.97 Å². The zero-order chi connectivity index (χ0) is 22.7. The Morgan fingerprint density at radius 2 is 2.19 bits per heavy atom. The summed E-state index contributed by atoms with van der Waals surface area (Å²) in [4.78, 5) is 36.1. The molecule has 2 heterocycles. The Morgan fingerprint density at radius 3 is 2.81 bits per heavy atom. The first-order valence-electron chi connectivity index (χ1n) is 8.76. The highest BCUT2D eigenvalue weighted by Crippen LogP contribution is 2.37. The van der Waals surface area contributed by atoms with E-state index in [1.54, 1.807) is 12.1 Å². The number of nitro benzene ring substituents is 1. The van der Waals surface area contributed by atoms with Gasteiger partial charge in [-0.2, -0.15) is 11.8 Å². The molecule has 0 spiro atoms. The molecule has 1 amide bonds. The summed E-state index contributed by atoms with van der Waals surface area (Å²) in [7, 11) is 0. The van der Waals surface area contributed by atoms with Crippen LogP contribution < -0.4 is 0 Å². The number of rotatable bonds is 8. The van der Waals surface area contributed by atoms with Gasteiger partial charge in [0.2, 0.25) is 0 Å². The highest BCUT2D eigenvalue weighted by Gasteiger charge is 2.40. The number of carboxylic acid groups (broad SMARTS) is 1. The molecule has 0 aliphatic carbocycles. The van der Waals surface area contributed by atoms with Gasteiger partial charge in [-0.25, -0.2) is 4.79 Å². The second-order valence-corrected chi connectivity index (χ2v) is 9.38. The molecule has 1 aromatic heterocycles. The Balaban J connectivity index is 1.84. The van der Waals surface area contributed by atoms with E-state index in [1.807, 2.05) is 6.26 Å². The van der Waals surface area contributed by atoms with E-state index >= 15 is 0 Å². The van der Waals surface area contributed by atoms with Crippen LogP contribution in [-0.2, 0) is 9.59 Å². The molecule has 1 N–H and O–H groups in total. The number of thioether (sulfide) groups is 2. The van der Waals surface area contributed by atoms with Crippen molar-refractivity contribution in [1.29, 1.82) is 0 Å². The van der Waals surface area contributed by atoms with E-state index in [4.69, 9.17) is 28.2 Å². The van der Waals surface area contributed by atoms with Crippen LogP contribution in [-0.4, -0.2) is 49.2 Å². The van der Waals surface area contributed by atoms with Crippen LogP contribution in [0.1, 0.15) is 12.2 Å². The molecule has 12 heteroatoms. The summed E-state index contributed by atoms with van der Waals surface area (Å²) >= 11 is 13.9. The Bertz CT molecular complexity index is 1100. The molecule has 1 atom stereocenters. The molecule has 1 aromatic carbocycles. The second kappa shape index (κ2) is 9.86. The number of nitro groups is 1. The molecular weight excluding hydrogens is 484 g/mol. The molecule has 3 rings (SSSR count). The molecule has 1 aliphatic rings. The van der Waals surface area contributed by atoms with Crippen LogP contribution >= 0.6 is 47.3 Å². The minimum absolute atomic E-state index is 0.140. The normalized spacial score (nSPS) is 16.2. The van der Waals surface area contributed by atoms with Crippen LogP contribution in [0.4, 0.5) is 5.69 Å². The lowest BCUT2D eigenvalue weighted by Crippen LogP contribution is -2.44. The average molecular weight is 499 g/mol. The van der Waals surface area contributed by atoms with Gasteiger partial charge in [0.05, 0.1) is 14.9 Å². The van der Waals surface area contributed by atoms with Crippen molar-refractivity contribution >= 4 is 75.3 Å². The number of halogens is 1. The van der Waals surface area contributed by atoms with Gasteiger partial charge in [0.15, 0.2) is 0 Å². The van der Waals surface area contributed by atoms with Crippen molar-refractivity contribution in [2.75, 3.05) is 12.0 Å². The summed E-state index contributed by atoms with van der Waals surface area (Å²) in [6.45, 7) is 0. The number of carbonyl (C=O) groups excluding carboxylic acids is 1. The third-order valence-corrected chi connectivity index (χ3v) is 6.63. The number of hydrogen-bond donors (Lipinski definition) is 1. The fourth-order valence-electron chi connectivity index (χ4n) is 2.86. The third-order valence-electron chi connectivity index (χ3n) is 4.34. The summed E-state index contributed by atoms with van der Waals surface area (Å²) in [5.41, 5.74) is 0.320. The molecular formula is C19H15ClN2O6S3. The third kappa shape index (κ3) is 5.12. The minimum Gasteiger partial charge on any atom is -0.480 e. The molecule has 2 aromatic rings. The first-order valence-corrected chi connectivity index (χ1v) is 11.8. The maximum Gasteiger partial charge on any atom is 0.326 e. The number of benzene rings is 1. The Labute approximate surface area is 195 Å². The lowest BCUT2D eigenvalue weighted by Gasteiger charge is -2.22. The number of furan rings is 1. The van der Waals surface area contributed by atoms with Crippen molar-refractivity contribution in [3.05, 3.63) is 56.1 Å². The van der Waals surface area contributed by atoms with Crippen LogP contribution in [0.5, 0.6) is 0 Å². The topological polar surface area (TPSA) is 114 Å². The Kier molecular flexibility index (Phi) is 7.42. The minimum atomic E-state index is -1.11. The number of thiocarbonyl (C=S) groups is 1. The maximum absolute atomic E-state index is 12.8. The molecule has 0 bridgehead atoms. The van der Waals surface area contributed by atoms with E-state index in [2.05, 4.69) is 0 Å².